The highest BCUT2D eigenvalue weighted by Crippen LogP contribution is 2.33. The van der Waals surface area contributed by atoms with Crippen molar-refractivity contribution in [3.63, 3.8) is 0 Å². The number of alkyl halides is 3. The Morgan fingerprint density at radius 2 is 1.82 bits per heavy atom. The number of carbonyl (C=O) groups excluding carboxylic acids is 1. The smallest absolute Gasteiger partial charge is 0.324 e. The van der Waals surface area contributed by atoms with Gasteiger partial charge in [-0.25, -0.2) is 9.97 Å². The van der Waals surface area contributed by atoms with Crippen molar-refractivity contribution in [1.82, 2.24) is 24.3 Å². The van der Waals surface area contributed by atoms with E-state index in [1.165, 1.54) is 6.07 Å². The van der Waals surface area contributed by atoms with Crippen LogP contribution >= 0.6 is 0 Å². The summed E-state index contributed by atoms with van der Waals surface area (Å²) in [5.41, 5.74) is 3.40. The van der Waals surface area contributed by atoms with Gasteiger partial charge in [-0.05, 0) is 60.5 Å². The molecule has 3 aromatic heterocycles. The van der Waals surface area contributed by atoms with Crippen molar-refractivity contribution in [1.29, 1.82) is 0 Å². The van der Waals surface area contributed by atoms with Crippen LogP contribution in [-0.4, -0.2) is 43.8 Å². The fourth-order valence-corrected chi connectivity index (χ4v) is 4.57. The Hall–Kier alpha value is -4.18. The van der Waals surface area contributed by atoms with Crippen molar-refractivity contribution in [2.75, 3.05) is 18.9 Å². The molecule has 0 atom stereocenters. The van der Waals surface area contributed by atoms with Gasteiger partial charge in [0, 0.05) is 25.0 Å². The Labute approximate surface area is 217 Å². The molecule has 5 aromatic rings. The quantitative estimate of drug-likeness (QED) is 0.266. The molecule has 0 radical (unpaired) electrons. The number of aromatic amines is 1. The van der Waals surface area contributed by atoms with E-state index in [1.807, 2.05) is 22.6 Å². The summed E-state index contributed by atoms with van der Waals surface area (Å²) in [5, 5.41) is 2.74. The number of H-pyrrole nitrogens is 1. The topological polar surface area (TPSA) is 78.3 Å². The molecule has 3 heterocycles. The number of rotatable bonds is 7. The van der Waals surface area contributed by atoms with Gasteiger partial charge in [-0.15, -0.1) is 0 Å². The van der Waals surface area contributed by atoms with Crippen LogP contribution in [0.15, 0.2) is 66.9 Å². The number of amides is 1. The first-order valence-corrected chi connectivity index (χ1v) is 12.2. The van der Waals surface area contributed by atoms with Crippen LogP contribution in [0.25, 0.3) is 27.8 Å². The highest BCUT2D eigenvalue weighted by atomic mass is 19.4. The van der Waals surface area contributed by atoms with Crippen molar-refractivity contribution in [2.24, 2.45) is 5.92 Å². The largest absolute Gasteiger partial charge is 0.416 e. The summed E-state index contributed by atoms with van der Waals surface area (Å²) in [6, 6.07) is 16.0. The van der Waals surface area contributed by atoms with E-state index in [9.17, 15) is 18.0 Å². The number of hydrogen-bond donors (Lipinski definition) is 2. The zero-order valence-corrected chi connectivity index (χ0v) is 21.2. The average Bonchev–Trinajstić information content (AvgIpc) is 3.47. The molecule has 0 aliphatic carbocycles. The van der Waals surface area contributed by atoms with E-state index in [0.717, 1.165) is 24.4 Å². The van der Waals surface area contributed by atoms with Crippen molar-refractivity contribution in [3.8, 4) is 11.1 Å². The Balaban J connectivity index is 1.36. The molecule has 196 valence electrons. The minimum atomic E-state index is -4.42. The van der Waals surface area contributed by atoms with Crippen molar-refractivity contribution >= 4 is 28.5 Å². The monoisotopic (exact) mass is 520 g/mol. The van der Waals surface area contributed by atoms with Gasteiger partial charge in [-0.2, -0.15) is 13.2 Å². The molecule has 10 heteroatoms. The Bertz CT molecular complexity index is 1620. The van der Waals surface area contributed by atoms with E-state index in [0.29, 0.717) is 40.3 Å². The van der Waals surface area contributed by atoms with Gasteiger partial charge >= 0.3 is 6.18 Å². The molecule has 2 N–H and O–H groups in total. The SMILES string of the molecule is CC(C)CN(C)Cc1cccc2nc(C(=O)Nc3nc4ccc(-c5cccc(C(F)(F)F)c5)cc4[nH]3)cn12. The number of aromatic nitrogens is 4. The molecule has 5 rings (SSSR count). The lowest BCUT2D eigenvalue weighted by Gasteiger charge is -2.19. The van der Waals surface area contributed by atoms with Crippen molar-refractivity contribution < 1.29 is 18.0 Å². The van der Waals surface area contributed by atoms with Gasteiger partial charge < -0.3 is 14.3 Å². The number of nitrogens with one attached hydrogen (secondary N) is 2. The van der Waals surface area contributed by atoms with Crippen LogP contribution in [-0.2, 0) is 12.7 Å². The molecule has 1 amide bonds. The number of imidazole rings is 2. The van der Waals surface area contributed by atoms with Gasteiger partial charge in [0.1, 0.15) is 11.3 Å². The van der Waals surface area contributed by atoms with Crippen molar-refractivity contribution in [3.05, 3.63) is 83.8 Å². The molecule has 2 aromatic carbocycles. The molecular formula is C28H27F3N6O. The zero-order chi connectivity index (χ0) is 27.0. The molecule has 0 saturated carbocycles. The van der Waals surface area contributed by atoms with E-state index in [1.54, 1.807) is 30.5 Å². The second kappa shape index (κ2) is 9.94. The number of fused-ring (bicyclic) bond motifs is 2. The number of nitrogens with zero attached hydrogens (tertiary/aromatic N) is 4. The van der Waals surface area contributed by atoms with E-state index >= 15 is 0 Å². The minimum Gasteiger partial charge on any atom is -0.324 e. The highest BCUT2D eigenvalue weighted by molar-refractivity contribution is 6.03. The first-order valence-electron chi connectivity index (χ1n) is 12.2. The Morgan fingerprint density at radius 3 is 2.58 bits per heavy atom. The molecular weight excluding hydrogens is 493 g/mol. The van der Waals surface area contributed by atoms with Gasteiger partial charge in [-0.1, -0.05) is 38.1 Å². The lowest BCUT2D eigenvalue weighted by molar-refractivity contribution is -0.137. The number of halogens is 3. The molecule has 0 aliphatic rings. The number of pyridine rings is 1. The summed E-state index contributed by atoms with van der Waals surface area (Å²) >= 11 is 0. The third-order valence-corrected chi connectivity index (χ3v) is 6.15. The molecule has 0 bridgehead atoms. The maximum Gasteiger partial charge on any atom is 0.416 e. The first kappa shape index (κ1) is 25.5. The maximum absolute atomic E-state index is 13.1. The predicted octanol–water partition coefficient (Wildman–Crippen LogP) is 6.24. The minimum absolute atomic E-state index is 0.222. The summed E-state index contributed by atoms with van der Waals surface area (Å²) in [7, 11) is 2.06. The average molecular weight is 521 g/mol. The van der Waals surface area contributed by atoms with Gasteiger partial charge in [-0.3, -0.25) is 10.1 Å². The first-order chi connectivity index (χ1) is 18.1. The normalized spacial score (nSPS) is 12.2. The molecule has 0 saturated heterocycles. The van der Waals surface area contributed by atoms with Gasteiger partial charge in [0.05, 0.1) is 16.6 Å². The second-order valence-corrected chi connectivity index (χ2v) is 9.81. The molecule has 0 spiro atoms. The molecule has 0 aliphatic heterocycles. The number of anilines is 1. The van der Waals surface area contributed by atoms with Crippen LogP contribution in [0.5, 0.6) is 0 Å². The maximum atomic E-state index is 13.1. The fraction of sp³-hybridized carbons (Fsp3) is 0.250. The molecule has 0 unspecified atom stereocenters. The van der Waals surface area contributed by atoms with Crippen molar-refractivity contribution in [2.45, 2.75) is 26.6 Å². The third-order valence-electron chi connectivity index (χ3n) is 6.15. The molecule has 0 fully saturated rings. The van der Waals surface area contributed by atoms with E-state index in [4.69, 9.17) is 0 Å². The molecule has 7 nitrogen and oxygen atoms in total. The van der Waals surface area contributed by atoms with Crippen LogP contribution in [0.1, 0.15) is 35.6 Å². The Morgan fingerprint density at radius 1 is 1.05 bits per heavy atom. The zero-order valence-electron chi connectivity index (χ0n) is 21.2. The summed E-state index contributed by atoms with van der Waals surface area (Å²) in [5.74, 6) is 0.334. The predicted molar refractivity (Wildman–Crippen MR) is 141 cm³/mol. The van der Waals surface area contributed by atoms with Gasteiger partial charge in [0.2, 0.25) is 5.95 Å². The van der Waals surface area contributed by atoms with Crippen LogP contribution in [0.4, 0.5) is 19.1 Å². The summed E-state index contributed by atoms with van der Waals surface area (Å²) in [6.07, 6.45) is -2.72. The summed E-state index contributed by atoms with van der Waals surface area (Å²) in [4.78, 5) is 27.1. The van der Waals surface area contributed by atoms with Crippen LogP contribution in [0, 0.1) is 5.92 Å². The number of benzene rings is 2. The van der Waals surface area contributed by atoms with Crippen LogP contribution < -0.4 is 5.32 Å². The lowest BCUT2D eigenvalue weighted by Crippen LogP contribution is -2.23. The van der Waals surface area contributed by atoms with E-state index < -0.39 is 17.6 Å². The number of hydrogen-bond acceptors (Lipinski definition) is 4. The second-order valence-electron chi connectivity index (χ2n) is 9.81. The van der Waals surface area contributed by atoms with E-state index in [2.05, 4.69) is 46.1 Å². The van der Waals surface area contributed by atoms with Gasteiger partial charge in [0.25, 0.3) is 5.91 Å². The summed E-state index contributed by atoms with van der Waals surface area (Å²) < 4.78 is 41.3. The summed E-state index contributed by atoms with van der Waals surface area (Å²) in [6.45, 7) is 5.99. The van der Waals surface area contributed by atoms with E-state index in [-0.39, 0.29) is 11.6 Å². The fourth-order valence-electron chi connectivity index (χ4n) is 4.57. The van der Waals surface area contributed by atoms with Crippen LogP contribution in [0.3, 0.4) is 0 Å². The highest BCUT2D eigenvalue weighted by Gasteiger charge is 2.30. The number of carbonyl (C=O) groups is 1. The Kier molecular flexibility index (Phi) is 6.66. The standard InChI is InChI=1S/C28H27F3N6O/c1-17(2)14-36(3)15-21-8-5-9-25-32-24(16-37(21)25)26(38)35-27-33-22-11-10-19(13-23(22)34-27)18-6-4-7-20(12-18)28(29,30)31/h4-13,16-17H,14-15H2,1-3H3,(H2,33,34,35,38). The lowest BCUT2D eigenvalue weighted by atomic mass is 10.0. The molecule has 38 heavy (non-hydrogen) atoms. The third kappa shape index (κ3) is 5.40. The van der Waals surface area contributed by atoms with Crippen LogP contribution in [0.2, 0.25) is 0 Å². The van der Waals surface area contributed by atoms with Gasteiger partial charge in [0.15, 0.2) is 0 Å².